The standard InChI is InChI=1S/C12H15NO4S/c1-4-8-5-11-10(6-9(8)12(14)17-3)13-7(2)18(11,15)16/h5-7,13H,4H2,1-3H3. The van der Waals surface area contributed by atoms with Crippen molar-refractivity contribution in [1.29, 1.82) is 0 Å². The van der Waals surface area contributed by atoms with E-state index >= 15 is 0 Å². The fourth-order valence-electron chi connectivity index (χ4n) is 2.05. The minimum Gasteiger partial charge on any atom is -0.465 e. The van der Waals surface area contributed by atoms with Crippen LogP contribution in [0, 0.1) is 0 Å². The van der Waals surface area contributed by atoms with E-state index in [-0.39, 0.29) is 4.90 Å². The summed E-state index contributed by atoms with van der Waals surface area (Å²) in [5.74, 6) is -0.451. The van der Waals surface area contributed by atoms with Gasteiger partial charge in [-0.2, -0.15) is 0 Å². The number of benzene rings is 1. The van der Waals surface area contributed by atoms with E-state index in [0.717, 1.165) is 0 Å². The molecule has 1 aliphatic rings. The molecule has 1 atom stereocenters. The number of fused-ring (bicyclic) bond motifs is 1. The second-order valence-corrected chi connectivity index (χ2v) is 6.42. The van der Waals surface area contributed by atoms with Crippen LogP contribution >= 0.6 is 0 Å². The second-order valence-electron chi connectivity index (χ2n) is 4.18. The second kappa shape index (κ2) is 4.28. The van der Waals surface area contributed by atoms with Gasteiger partial charge in [0.15, 0.2) is 0 Å². The Morgan fingerprint density at radius 3 is 2.67 bits per heavy atom. The van der Waals surface area contributed by atoms with E-state index in [0.29, 0.717) is 23.2 Å². The van der Waals surface area contributed by atoms with Gasteiger partial charge in [0.25, 0.3) is 0 Å². The molecule has 0 bridgehead atoms. The van der Waals surface area contributed by atoms with Crippen LogP contribution in [0.1, 0.15) is 29.8 Å². The summed E-state index contributed by atoms with van der Waals surface area (Å²) in [4.78, 5) is 11.9. The number of rotatable bonds is 2. The number of ether oxygens (including phenoxy) is 1. The van der Waals surface area contributed by atoms with Crippen molar-refractivity contribution in [3.05, 3.63) is 23.3 Å². The molecular weight excluding hydrogens is 254 g/mol. The van der Waals surface area contributed by atoms with E-state index in [2.05, 4.69) is 5.32 Å². The SMILES string of the molecule is CCc1cc2c(cc1C(=O)OC)NC(C)S2(=O)=O. The van der Waals surface area contributed by atoms with Crippen LogP contribution in [0.25, 0.3) is 0 Å². The Bertz CT molecular complexity index is 607. The molecule has 1 aliphatic heterocycles. The van der Waals surface area contributed by atoms with E-state index in [9.17, 15) is 13.2 Å². The lowest BCUT2D eigenvalue weighted by atomic mass is 10.0. The number of hydrogen-bond donors (Lipinski definition) is 1. The first-order chi connectivity index (χ1) is 8.41. The zero-order valence-electron chi connectivity index (χ0n) is 10.5. The minimum atomic E-state index is -3.33. The Kier molecular flexibility index (Phi) is 3.06. The van der Waals surface area contributed by atoms with E-state index < -0.39 is 21.2 Å². The fourth-order valence-corrected chi connectivity index (χ4v) is 3.44. The summed E-state index contributed by atoms with van der Waals surface area (Å²) in [5, 5.41) is 2.20. The van der Waals surface area contributed by atoms with E-state index in [4.69, 9.17) is 4.74 Å². The molecule has 18 heavy (non-hydrogen) atoms. The normalized spacial score (nSPS) is 20.1. The van der Waals surface area contributed by atoms with Crippen LogP contribution in [0.4, 0.5) is 5.69 Å². The molecule has 1 unspecified atom stereocenters. The highest BCUT2D eigenvalue weighted by Gasteiger charge is 2.34. The molecule has 0 fully saturated rings. The molecule has 1 N–H and O–H groups in total. The van der Waals surface area contributed by atoms with Gasteiger partial charge in [-0.05, 0) is 31.0 Å². The quantitative estimate of drug-likeness (QED) is 0.825. The fraction of sp³-hybridized carbons (Fsp3) is 0.417. The average Bonchev–Trinajstić information content (AvgIpc) is 2.57. The number of carbonyl (C=O) groups excluding carboxylic acids is 1. The van der Waals surface area contributed by atoms with Gasteiger partial charge in [-0.1, -0.05) is 6.92 Å². The smallest absolute Gasteiger partial charge is 0.338 e. The zero-order valence-corrected chi connectivity index (χ0v) is 11.3. The van der Waals surface area contributed by atoms with Gasteiger partial charge in [-0.25, -0.2) is 13.2 Å². The van der Waals surface area contributed by atoms with Crippen molar-refractivity contribution in [2.45, 2.75) is 30.5 Å². The summed E-state index contributed by atoms with van der Waals surface area (Å²) in [6.07, 6.45) is 0.571. The molecule has 0 spiro atoms. The Hall–Kier alpha value is -1.56. The average molecular weight is 269 g/mol. The number of anilines is 1. The predicted octanol–water partition coefficient (Wildman–Crippen LogP) is 1.58. The molecule has 0 aromatic heterocycles. The molecule has 0 saturated heterocycles. The lowest BCUT2D eigenvalue weighted by molar-refractivity contribution is 0.0599. The molecule has 0 radical (unpaired) electrons. The molecule has 1 heterocycles. The number of nitrogens with one attached hydrogen (secondary N) is 1. The molecule has 0 aliphatic carbocycles. The third-order valence-electron chi connectivity index (χ3n) is 3.12. The van der Waals surface area contributed by atoms with Crippen molar-refractivity contribution in [3.8, 4) is 0 Å². The lowest BCUT2D eigenvalue weighted by Gasteiger charge is -2.08. The maximum absolute atomic E-state index is 12.0. The molecule has 1 aromatic carbocycles. The number of aryl methyl sites for hydroxylation is 1. The zero-order chi connectivity index (χ0) is 13.5. The van der Waals surface area contributed by atoms with Crippen LogP contribution in [0.2, 0.25) is 0 Å². The summed E-state index contributed by atoms with van der Waals surface area (Å²) in [6, 6.07) is 3.12. The third-order valence-corrected chi connectivity index (χ3v) is 5.12. The van der Waals surface area contributed by atoms with Crippen LogP contribution in [-0.2, 0) is 21.0 Å². The van der Waals surface area contributed by atoms with E-state index in [1.54, 1.807) is 19.1 Å². The van der Waals surface area contributed by atoms with Crippen molar-refractivity contribution in [2.24, 2.45) is 0 Å². The highest BCUT2D eigenvalue weighted by molar-refractivity contribution is 7.92. The topological polar surface area (TPSA) is 72.5 Å². The molecule has 0 saturated carbocycles. The van der Waals surface area contributed by atoms with Gasteiger partial charge in [0.1, 0.15) is 5.37 Å². The van der Waals surface area contributed by atoms with Crippen molar-refractivity contribution in [2.75, 3.05) is 12.4 Å². The van der Waals surface area contributed by atoms with Crippen LogP contribution in [0.15, 0.2) is 17.0 Å². The predicted molar refractivity (Wildman–Crippen MR) is 67.4 cm³/mol. The maximum Gasteiger partial charge on any atom is 0.338 e. The van der Waals surface area contributed by atoms with Gasteiger partial charge >= 0.3 is 5.97 Å². The maximum atomic E-state index is 12.0. The van der Waals surface area contributed by atoms with E-state index in [1.165, 1.54) is 7.11 Å². The van der Waals surface area contributed by atoms with Crippen LogP contribution in [0.5, 0.6) is 0 Å². The number of hydrogen-bond acceptors (Lipinski definition) is 5. The molecule has 5 nitrogen and oxygen atoms in total. The first-order valence-electron chi connectivity index (χ1n) is 5.67. The highest BCUT2D eigenvalue weighted by atomic mass is 32.2. The number of carbonyl (C=O) groups is 1. The first kappa shape index (κ1) is 12.9. The Morgan fingerprint density at radius 2 is 2.11 bits per heavy atom. The van der Waals surface area contributed by atoms with Crippen LogP contribution in [0.3, 0.4) is 0 Å². The minimum absolute atomic E-state index is 0.263. The molecule has 6 heteroatoms. The first-order valence-corrected chi connectivity index (χ1v) is 7.22. The van der Waals surface area contributed by atoms with Gasteiger partial charge in [-0.3, -0.25) is 0 Å². The lowest BCUT2D eigenvalue weighted by Crippen LogP contribution is -2.17. The molecular formula is C12H15NO4S. The van der Waals surface area contributed by atoms with Crippen molar-refractivity contribution >= 4 is 21.5 Å². The van der Waals surface area contributed by atoms with Gasteiger partial charge in [0.05, 0.1) is 23.3 Å². The van der Waals surface area contributed by atoms with Crippen molar-refractivity contribution in [1.82, 2.24) is 0 Å². The van der Waals surface area contributed by atoms with Crippen LogP contribution < -0.4 is 5.32 Å². The van der Waals surface area contributed by atoms with E-state index in [1.807, 2.05) is 6.92 Å². The summed E-state index contributed by atoms with van der Waals surface area (Å²) < 4.78 is 28.7. The number of methoxy groups -OCH3 is 1. The largest absolute Gasteiger partial charge is 0.465 e. The Balaban J connectivity index is 2.66. The number of esters is 1. The molecule has 0 amide bonds. The monoisotopic (exact) mass is 269 g/mol. The molecule has 2 rings (SSSR count). The van der Waals surface area contributed by atoms with Gasteiger partial charge in [0, 0.05) is 0 Å². The summed E-state index contributed by atoms with van der Waals surface area (Å²) in [6.45, 7) is 3.45. The van der Waals surface area contributed by atoms with Gasteiger partial charge < -0.3 is 10.1 Å². The van der Waals surface area contributed by atoms with Crippen molar-refractivity contribution in [3.63, 3.8) is 0 Å². The summed E-state index contributed by atoms with van der Waals surface area (Å²) in [5.41, 5.74) is 1.57. The van der Waals surface area contributed by atoms with Crippen molar-refractivity contribution < 1.29 is 17.9 Å². The highest BCUT2D eigenvalue weighted by Crippen LogP contribution is 2.35. The Labute approximate surface area is 106 Å². The molecule has 1 aromatic rings. The summed E-state index contributed by atoms with van der Waals surface area (Å²) in [7, 11) is -2.02. The Morgan fingerprint density at radius 1 is 1.44 bits per heavy atom. The van der Waals surface area contributed by atoms with Gasteiger partial charge in [0.2, 0.25) is 9.84 Å². The number of sulfone groups is 1. The molecule has 98 valence electrons. The van der Waals surface area contributed by atoms with Gasteiger partial charge in [-0.15, -0.1) is 0 Å². The summed E-state index contributed by atoms with van der Waals surface area (Å²) >= 11 is 0. The van der Waals surface area contributed by atoms with Crippen LogP contribution in [-0.4, -0.2) is 26.9 Å². The third kappa shape index (κ3) is 1.77.